The van der Waals surface area contributed by atoms with Crippen molar-refractivity contribution in [3.05, 3.63) is 44.9 Å². The van der Waals surface area contributed by atoms with Crippen molar-refractivity contribution < 1.29 is 4.92 Å². The molecule has 0 aliphatic carbocycles. The Morgan fingerprint density at radius 1 is 1.35 bits per heavy atom. The Hall–Kier alpha value is -2.44. The number of nitrogens with zero attached hydrogens (tertiary/aromatic N) is 4. The molecule has 106 valence electrons. The molecule has 2 rings (SSSR count). The molecule has 0 aliphatic heterocycles. The summed E-state index contributed by atoms with van der Waals surface area (Å²) < 4.78 is 1.80. The zero-order chi connectivity index (χ0) is 14.9. The molecule has 2 aromatic rings. The van der Waals surface area contributed by atoms with Gasteiger partial charge in [-0.2, -0.15) is 5.10 Å². The largest absolute Gasteiger partial charge is 0.360 e. The molecule has 20 heavy (non-hydrogen) atoms. The minimum atomic E-state index is -0.433. The summed E-state index contributed by atoms with van der Waals surface area (Å²) in [5.74, 6) is 0.289. The highest BCUT2D eigenvalue weighted by atomic mass is 16.6. The van der Waals surface area contributed by atoms with E-state index in [-0.39, 0.29) is 11.5 Å². The van der Waals surface area contributed by atoms with Crippen LogP contribution in [0, 0.1) is 30.9 Å². The maximum absolute atomic E-state index is 11.0. The van der Waals surface area contributed by atoms with Crippen LogP contribution in [0.15, 0.2) is 12.1 Å². The van der Waals surface area contributed by atoms with E-state index >= 15 is 0 Å². The molecule has 0 bridgehead atoms. The summed E-state index contributed by atoms with van der Waals surface area (Å²) in [7, 11) is 1.87. The first-order valence-corrected chi connectivity index (χ1v) is 6.25. The average Bonchev–Trinajstić information content (AvgIpc) is 2.61. The Kier molecular flexibility index (Phi) is 3.69. The molecule has 1 N–H and O–H groups in total. The lowest BCUT2D eigenvalue weighted by Gasteiger charge is -2.07. The van der Waals surface area contributed by atoms with Gasteiger partial charge in [-0.3, -0.25) is 14.8 Å². The lowest BCUT2D eigenvalue weighted by Crippen LogP contribution is -2.07. The van der Waals surface area contributed by atoms with E-state index in [9.17, 15) is 10.1 Å². The molecule has 0 radical (unpaired) electrons. The molecule has 0 fully saturated rings. The van der Waals surface area contributed by atoms with Crippen molar-refractivity contribution >= 4 is 11.5 Å². The maximum atomic E-state index is 11.0. The van der Waals surface area contributed by atoms with Gasteiger partial charge in [-0.1, -0.05) is 0 Å². The Balaban J connectivity index is 2.27. The predicted octanol–water partition coefficient (Wildman–Crippen LogP) is 2.26. The van der Waals surface area contributed by atoms with Gasteiger partial charge in [0.15, 0.2) is 0 Å². The van der Waals surface area contributed by atoms with E-state index in [1.165, 1.54) is 6.07 Å². The van der Waals surface area contributed by atoms with Crippen LogP contribution in [0.3, 0.4) is 0 Å². The van der Waals surface area contributed by atoms with Gasteiger partial charge in [0, 0.05) is 36.6 Å². The van der Waals surface area contributed by atoms with Crippen molar-refractivity contribution in [2.24, 2.45) is 7.05 Å². The highest BCUT2D eigenvalue weighted by Crippen LogP contribution is 2.23. The van der Waals surface area contributed by atoms with E-state index in [4.69, 9.17) is 0 Å². The van der Waals surface area contributed by atoms with Crippen molar-refractivity contribution in [1.82, 2.24) is 14.8 Å². The molecule has 2 heterocycles. The number of nitrogens with one attached hydrogen (secondary N) is 1. The van der Waals surface area contributed by atoms with Gasteiger partial charge in [-0.05, 0) is 26.8 Å². The van der Waals surface area contributed by atoms with E-state index in [1.807, 2.05) is 20.9 Å². The van der Waals surface area contributed by atoms with Gasteiger partial charge < -0.3 is 5.32 Å². The lowest BCUT2D eigenvalue weighted by atomic mass is 10.2. The number of hydrogen-bond acceptors (Lipinski definition) is 5. The van der Waals surface area contributed by atoms with Gasteiger partial charge in [0.1, 0.15) is 0 Å². The van der Waals surface area contributed by atoms with Crippen molar-refractivity contribution in [1.29, 1.82) is 0 Å². The molecule has 0 atom stereocenters. The molecule has 0 aliphatic rings. The van der Waals surface area contributed by atoms with Crippen molar-refractivity contribution in [2.45, 2.75) is 27.3 Å². The molecular formula is C13H17N5O2. The van der Waals surface area contributed by atoms with E-state index in [2.05, 4.69) is 15.4 Å². The third kappa shape index (κ3) is 2.61. The Bertz CT molecular complexity index is 663. The van der Waals surface area contributed by atoms with E-state index in [0.29, 0.717) is 6.54 Å². The number of hydrogen-bond donors (Lipinski definition) is 1. The molecule has 7 heteroatoms. The molecule has 0 spiro atoms. The topological polar surface area (TPSA) is 85.9 Å². The number of aromatic nitrogens is 3. The molecule has 0 saturated heterocycles. The normalized spacial score (nSPS) is 10.6. The SMILES string of the molecule is Cc1ccc([N+](=O)[O-])c(NCc2c(C)nn(C)c2C)n1. The summed E-state index contributed by atoms with van der Waals surface area (Å²) in [4.78, 5) is 14.8. The summed E-state index contributed by atoms with van der Waals surface area (Å²) in [6, 6.07) is 3.09. The van der Waals surface area contributed by atoms with Crippen LogP contribution in [0.4, 0.5) is 11.5 Å². The molecule has 2 aromatic heterocycles. The predicted molar refractivity (Wildman–Crippen MR) is 75.6 cm³/mol. The van der Waals surface area contributed by atoms with Gasteiger partial charge in [0.05, 0.1) is 10.6 Å². The number of pyridine rings is 1. The molecule has 0 amide bonds. The first-order valence-electron chi connectivity index (χ1n) is 6.25. The monoisotopic (exact) mass is 275 g/mol. The summed E-state index contributed by atoms with van der Waals surface area (Å²) >= 11 is 0. The fraction of sp³-hybridized carbons (Fsp3) is 0.385. The van der Waals surface area contributed by atoms with Gasteiger partial charge in [0.25, 0.3) is 0 Å². The summed E-state index contributed by atoms with van der Waals surface area (Å²) in [5.41, 5.74) is 3.69. The van der Waals surface area contributed by atoms with Crippen LogP contribution >= 0.6 is 0 Å². The summed E-state index contributed by atoms with van der Waals surface area (Å²) in [5, 5.41) is 18.4. The van der Waals surface area contributed by atoms with Gasteiger partial charge in [-0.25, -0.2) is 4.98 Å². The van der Waals surface area contributed by atoms with Crippen LogP contribution in [0.2, 0.25) is 0 Å². The van der Waals surface area contributed by atoms with Crippen molar-refractivity contribution in [3.63, 3.8) is 0 Å². The smallest absolute Gasteiger partial charge is 0.311 e. The van der Waals surface area contributed by atoms with Crippen LogP contribution in [0.1, 0.15) is 22.6 Å². The minimum absolute atomic E-state index is 0.0187. The standard InChI is InChI=1S/C13H17N5O2/c1-8-5-6-12(18(19)20)13(15-8)14-7-11-9(2)16-17(4)10(11)3/h5-6H,7H2,1-4H3,(H,14,15). The molecule has 7 nitrogen and oxygen atoms in total. The second kappa shape index (κ2) is 5.28. The quantitative estimate of drug-likeness (QED) is 0.683. The van der Waals surface area contributed by atoms with E-state index < -0.39 is 4.92 Å². The van der Waals surface area contributed by atoms with Crippen LogP contribution < -0.4 is 5.32 Å². The summed E-state index contributed by atoms with van der Waals surface area (Å²) in [6.45, 7) is 6.15. The molecule has 0 saturated carbocycles. The second-order valence-electron chi connectivity index (χ2n) is 4.70. The van der Waals surface area contributed by atoms with Crippen molar-refractivity contribution in [2.75, 3.05) is 5.32 Å². The molecule has 0 unspecified atom stereocenters. The number of anilines is 1. The molecule has 0 aromatic carbocycles. The van der Waals surface area contributed by atoms with Crippen LogP contribution in [-0.2, 0) is 13.6 Å². The highest BCUT2D eigenvalue weighted by molar-refractivity contribution is 5.56. The number of rotatable bonds is 4. The molecular weight excluding hydrogens is 258 g/mol. The minimum Gasteiger partial charge on any atom is -0.360 e. The first-order chi connectivity index (χ1) is 9.40. The zero-order valence-electron chi connectivity index (χ0n) is 12.0. The van der Waals surface area contributed by atoms with Crippen LogP contribution in [0.25, 0.3) is 0 Å². The fourth-order valence-corrected chi connectivity index (χ4v) is 2.07. The Morgan fingerprint density at radius 3 is 2.60 bits per heavy atom. The second-order valence-corrected chi connectivity index (χ2v) is 4.70. The zero-order valence-corrected chi connectivity index (χ0v) is 12.0. The first kappa shape index (κ1) is 14.0. The maximum Gasteiger partial charge on any atom is 0.311 e. The fourth-order valence-electron chi connectivity index (χ4n) is 2.07. The van der Waals surface area contributed by atoms with E-state index in [0.717, 1.165) is 22.6 Å². The average molecular weight is 275 g/mol. The lowest BCUT2D eigenvalue weighted by molar-refractivity contribution is -0.384. The van der Waals surface area contributed by atoms with Crippen LogP contribution in [-0.4, -0.2) is 19.7 Å². The number of aryl methyl sites for hydroxylation is 3. The third-order valence-electron chi connectivity index (χ3n) is 3.30. The number of nitro groups is 1. The van der Waals surface area contributed by atoms with Gasteiger partial charge in [0.2, 0.25) is 5.82 Å². The Morgan fingerprint density at radius 2 is 2.05 bits per heavy atom. The highest BCUT2D eigenvalue weighted by Gasteiger charge is 2.16. The summed E-state index contributed by atoms with van der Waals surface area (Å²) in [6.07, 6.45) is 0. The Labute approximate surface area is 116 Å². The van der Waals surface area contributed by atoms with E-state index in [1.54, 1.807) is 17.7 Å². The van der Waals surface area contributed by atoms with Gasteiger partial charge >= 0.3 is 5.69 Å². The van der Waals surface area contributed by atoms with Crippen molar-refractivity contribution in [3.8, 4) is 0 Å². The third-order valence-corrected chi connectivity index (χ3v) is 3.30. The van der Waals surface area contributed by atoms with Crippen LogP contribution in [0.5, 0.6) is 0 Å². The van der Waals surface area contributed by atoms with Gasteiger partial charge in [-0.15, -0.1) is 0 Å².